The number of amides is 2. The van der Waals surface area contributed by atoms with Crippen LogP contribution in [0.3, 0.4) is 0 Å². The normalized spacial score (nSPS) is 17.6. The maximum atomic E-state index is 12.0. The summed E-state index contributed by atoms with van der Waals surface area (Å²) in [6.45, 7) is 7.32. The topological polar surface area (TPSA) is 77.1 Å². The molecule has 0 atom stereocenters. The average Bonchev–Trinajstić information content (AvgIpc) is 3.00. The van der Waals surface area contributed by atoms with Crippen LogP contribution in [0.1, 0.15) is 19.4 Å². The van der Waals surface area contributed by atoms with E-state index in [0.29, 0.717) is 51.0 Å². The Labute approximate surface area is 170 Å². The Morgan fingerprint density at radius 3 is 2.82 bits per heavy atom. The molecule has 0 unspecified atom stereocenters. The second kappa shape index (κ2) is 9.52. The molecule has 0 radical (unpaired) electrons. The molecule has 8 heteroatoms. The van der Waals surface area contributed by atoms with Gasteiger partial charge in [0.05, 0.1) is 31.3 Å². The van der Waals surface area contributed by atoms with Crippen LogP contribution in [0.2, 0.25) is 0 Å². The minimum Gasteiger partial charge on any atom is -0.488 e. The number of thioether (sulfide) groups is 1. The van der Waals surface area contributed by atoms with Gasteiger partial charge in [-0.2, -0.15) is 0 Å². The number of nitrogens with zero attached hydrogens (tertiary/aromatic N) is 1. The van der Waals surface area contributed by atoms with E-state index in [1.807, 2.05) is 18.2 Å². The summed E-state index contributed by atoms with van der Waals surface area (Å²) in [7, 11) is 0. The van der Waals surface area contributed by atoms with Crippen LogP contribution >= 0.6 is 11.8 Å². The number of hydrogen-bond donors (Lipinski definition) is 1. The number of benzene rings is 1. The average molecular weight is 409 g/mol. The molecule has 154 valence electrons. The summed E-state index contributed by atoms with van der Waals surface area (Å²) < 4.78 is 17.0. The molecule has 2 aliphatic heterocycles. The smallest absolute Gasteiger partial charge is 0.232 e. The number of rotatable bonds is 8. The molecule has 0 spiro atoms. The molecule has 1 fully saturated rings. The zero-order chi connectivity index (χ0) is 20.0. The number of morpholine rings is 1. The van der Waals surface area contributed by atoms with Crippen molar-refractivity contribution in [3.63, 3.8) is 0 Å². The molecule has 0 aromatic heterocycles. The Morgan fingerprint density at radius 2 is 2.04 bits per heavy atom. The van der Waals surface area contributed by atoms with E-state index in [-0.39, 0.29) is 23.2 Å². The van der Waals surface area contributed by atoms with E-state index in [9.17, 15) is 9.59 Å². The fraction of sp³-hybridized carbons (Fsp3) is 0.600. The molecular weight excluding hydrogens is 380 g/mol. The molecule has 28 heavy (non-hydrogen) atoms. The van der Waals surface area contributed by atoms with E-state index in [4.69, 9.17) is 14.2 Å². The lowest BCUT2D eigenvalue weighted by atomic mass is 10.0. The molecule has 1 aromatic carbocycles. The monoisotopic (exact) mass is 408 g/mol. The first-order valence-corrected chi connectivity index (χ1v) is 10.7. The largest absolute Gasteiger partial charge is 0.488 e. The van der Waals surface area contributed by atoms with Crippen LogP contribution in [0.25, 0.3) is 0 Å². The Kier molecular flexibility index (Phi) is 7.07. The lowest BCUT2D eigenvalue weighted by Gasteiger charge is -2.26. The van der Waals surface area contributed by atoms with Crippen LogP contribution in [0.5, 0.6) is 11.5 Å². The molecule has 1 saturated heterocycles. The predicted octanol–water partition coefficient (Wildman–Crippen LogP) is 1.49. The van der Waals surface area contributed by atoms with E-state index in [0.717, 1.165) is 17.7 Å². The maximum absolute atomic E-state index is 12.0. The molecule has 3 rings (SSSR count). The lowest BCUT2D eigenvalue weighted by molar-refractivity contribution is -0.132. The first-order valence-electron chi connectivity index (χ1n) is 9.58. The highest BCUT2D eigenvalue weighted by molar-refractivity contribution is 8.00. The van der Waals surface area contributed by atoms with E-state index in [1.165, 1.54) is 11.8 Å². The molecule has 0 saturated carbocycles. The van der Waals surface area contributed by atoms with Gasteiger partial charge < -0.3 is 24.4 Å². The molecule has 0 aliphatic carbocycles. The van der Waals surface area contributed by atoms with Crippen molar-refractivity contribution in [3.05, 3.63) is 23.8 Å². The van der Waals surface area contributed by atoms with Crippen molar-refractivity contribution in [1.29, 1.82) is 0 Å². The maximum Gasteiger partial charge on any atom is 0.232 e. The van der Waals surface area contributed by atoms with Gasteiger partial charge in [-0.3, -0.25) is 9.59 Å². The van der Waals surface area contributed by atoms with Crippen molar-refractivity contribution in [2.24, 2.45) is 0 Å². The van der Waals surface area contributed by atoms with Crippen LogP contribution in [0.4, 0.5) is 0 Å². The molecule has 1 N–H and O–H groups in total. The van der Waals surface area contributed by atoms with Gasteiger partial charge in [0, 0.05) is 25.1 Å². The number of nitrogens with one attached hydrogen (secondary N) is 1. The number of carbonyl (C=O) groups excluding carboxylic acids is 2. The third kappa shape index (κ3) is 5.78. The van der Waals surface area contributed by atoms with Crippen LogP contribution in [0.15, 0.2) is 18.2 Å². The van der Waals surface area contributed by atoms with Crippen molar-refractivity contribution >= 4 is 23.6 Å². The van der Waals surface area contributed by atoms with Gasteiger partial charge in [-0.15, -0.1) is 11.8 Å². The second-order valence-corrected chi connectivity index (χ2v) is 8.45. The van der Waals surface area contributed by atoms with Gasteiger partial charge >= 0.3 is 0 Å². The highest BCUT2D eigenvalue weighted by Crippen LogP contribution is 2.41. The summed E-state index contributed by atoms with van der Waals surface area (Å²) in [5.41, 5.74) is 0.930. The Morgan fingerprint density at radius 1 is 1.25 bits per heavy atom. The third-order valence-electron chi connectivity index (χ3n) is 4.56. The first kappa shape index (κ1) is 20.8. The Bertz CT molecular complexity index is 704. The van der Waals surface area contributed by atoms with Crippen LogP contribution in [-0.2, 0) is 20.7 Å². The highest BCUT2D eigenvalue weighted by atomic mass is 32.2. The zero-order valence-electron chi connectivity index (χ0n) is 16.5. The molecular formula is C20H28N2O5S. The Balaban J connectivity index is 1.31. The summed E-state index contributed by atoms with van der Waals surface area (Å²) in [6, 6.07) is 5.89. The number of ether oxygens (including phenoxy) is 3. The standard InChI is InChI=1S/C20H28N2O5S/c1-20(2)12-15-4-3-5-16(19(15)27-20)26-9-6-21-17(23)13-28-14-18(24)22-7-10-25-11-8-22/h3-5H,6-14H2,1-2H3,(H,21,23). The summed E-state index contributed by atoms with van der Waals surface area (Å²) in [5, 5.41) is 2.82. The lowest BCUT2D eigenvalue weighted by Crippen LogP contribution is -2.41. The minimum absolute atomic E-state index is 0.0605. The number of hydrogen-bond acceptors (Lipinski definition) is 6. The first-order chi connectivity index (χ1) is 13.4. The van der Waals surface area contributed by atoms with Crippen molar-refractivity contribution in [2.45, 2.75) is 25.9 Å². The van der Waals surface area contributed by atoms with E-state index in [2.05, 4.69) is 19.2 Å². The van der Waals surface area contributed by atoms with E-state index in [1.54, 1.807) is 4.90 Å². The third-order valence-corrected chi connectivity index (χ3v) is 5.48. The van der Waals surface area contributed by atoms with Crippen molar-refractivity contribution < 1.29 is 23.8 Å². The summed E-state index contributed by atoms with van der Waals surface area (Å²) in [4.78, 5) is 25.7. The quantitative estimate of drug-likeness (QED) is 0.657. The van der Waals surface area contributed by atoms with Crippen molar-refractivity contribution in [1.82, 2.24) is 10.2 Å². The fourth-order valence-electron chi connectivity index (χ4n) is 3.24. The van der Waals surface area contributed by atoms with Crippen LogP contribution in [0, 0.1) is 0 Å². The van der Waals surface area contributed by atoms with Crippen LogP contribution < -0.4 is 14.8 Å². The van der Waals surface area contributed by atoms with Gasteiger partial charge in [0.15, 0.2) is 11.5 Å². The van der Waals surface area contributed by atoms with Gasteiger partial charge in [-0.25, -0.2) is 0 Å². The van der Waals surface area contributed by atoms with Gasteiger partial charge in [-0.05, 0) is 19.9 Å². The van der Waals surface area contributed by atoms with Crippen LogP contribution in [-0.4, -0.2) is 73.3 Å². The van der Waals surface area contributed by atoms with E-state index < -0.39 is 0 Å². The molecule has 1 aromatic rings. The summed E-state index contributed by atoms with van der Waals surface area (Å²) in [6.07, 6.45) is 0.858. The predicted molar refractivity (Wildman–Crippen MR) is 108 cm³/mol. The highest BCUT2D eigenvalue weighted by Gasteiger charge is 2.32. The molecule has 7 nitrogen and oxygen atoms in total. The van der Waals surface area contributed by atoms with Gasteiger partial charge in [0.1, 0.15) is 12.2 Å². The molecule has 2 aliphatic rings. The number of para-hydroxylation sites is 1. The zero-order valence-corrected chi connectivity index (χ0v) is 17.3. The van der Waals surface area contributed by atoms with Gasteiger partial charge in [0.2, 0.25) is 11.8 Å². The van der Waals surface area contributed by atoms with Crippen molar-refractivity contribution in [2.75, 3.05) is 51.0 Å². The minimum atomic E-state index is -0.216. The number of fused-ring (bicyclic) bond motifs is 1. The van der Waals surface area contributed by atoms with E-state index >= 15 is 0 Å². The fourth-order valence-corrected chi connectivity index (χ4v) is 3.99. The number of carbonyl (C=O) groups is 2. The molecule has 0 bridgehead atoms. The van der Waals surface area contributed by atoms with Crippen molar-refractivity contribution in [3.8, 4) is 11.5 Å². The Hall–Kier alpha value is -1.93. The summed E-state index contributed by atoms with van der Waals surface area (Å²) in [5.74, 6) is 2.05. The SMILES string of the molecule is CC1(C)Cc2cccc(OCCNC(=O)CSCC(=O)N3CCOCC3)c2O1. The van der Waals surface area contributed by atoms with Gasteiger partial charge in [0.25, 0.3) is 0 Å². The summed E-state index contributed by atoms with van der Waals surface area (Å²) >= 11 is 1.33. The second-order valence-electron chi connectivity index (χ2n) is 7.47. The van der Waals surface area contributed by atoms with Gasteiger partial charge in [-0.1, -0.05) is 12.1 Å². The molecule has 2 heterocycles. The molecule has 2 amide bonds.